The average Bonchev–Trinajstić information content (AvgIpc) is 2.91. The zero-order chi connectivity index (χ0) is 15.5. The Morgan fingerprint density at radius 2 is 2.26 bits per heavy atom. The lowest BCUT2D eigenvalue weighted by molar-refractivity contribution is -0.126. The molecule has 0 bridgehead atoms. The Hall–Kier alpha value is -1.59. The number of oxazole rings is 1. The molecule has 1 aliphatic rings. The van der Waals surface area contributed by atoms with Gasteiger partial charge in [0.1, 0.15) is 5.52 Å². The number of hydrogen-bond acceptors (Lipinski definition) is 4. The Labute approximate surface area is 142 Å². The smallest absolute Gasteiger partial charge is 0.223 e. The van der Waals surface area contributed by atoms with E-state index in [0.29, 0.717) is 18.9 Å². The summed E-state index contributed by atoms with van der Waals surface area (Å²) < 4.78 is 5.71. The predicted molar refractivity (Wildman–Crippen MR) is 92.6 cm³/mol. The lowest BCUT2D eigenvalue weighted by Gasteiger charge is -2.25. The quantitative estimate of drug-likeness (QED) is 0.898. The summed E-state index contributed by atoms with van der Waals surface area (Å²) in [6.07, 6.45) is 4.43. The molecule has 0 saturated heterocycles. The van der Waals surface area contributed by atoms with Gasteiger partial charge >= 0.3 is 0 Å². The van der Waals surface area contributed by atoms with E-state index in [9.17, 15) is 4.79 Å². The number of carbonyl (C=O) groups is 1. The number of fused-ring (bicyclic) bond motifs is 1. The summed E-state index contributed by atoms with van der Waals surface area (Å²) in [7, 11) is 0. The van der Waals surface area contributed by atoms with Gasteiger partial charge in [-0.2, -0.15) is 0 Å². The van der Waals surface area contributed by atoms with E-state index < -0.39 is 0 Å². The maximum Gasteiger partial charge on any atom is 0.223 e. The lowest BCUT2D eigenvalue weighted by atomic mass is 9.85. The molecule has 23 heavy (non-hydrogen) atoms. The fraction of sp³-hybridized carbons (Fsp3) is 0.529. The van der Waals surface area contributed by atoms with Crippen LogP contribution in [0.4, 0.5) is 0 Å². The van der Waals surface area contributed by atoms with Crippen LogP contribution in [0.25, 0.3) is 11.1 Å². The first-order chi connectivity index (χ1) is 10.6. The van der Waals surface area contributed by atoms with E-state index in [4.69, 9.17) is 10.2 Å². The molecular weight excluding hydrogens is 314 g/mol. The molecule has 2 aromatic rings. The molecule has 1 saturated carbocycles. The maximum absolute atomic E-state index is 12.1. The molecule has 126 valence electrons. The SMILES string of the molecule is Cc1cccc2oc(CCNC(=O)C3CCCC(N)C3)nc12.Cl. The zero-order valence-corrected chi connectivity index (χ0v) is 14.2. The highest BCUT2D eigenvalue weighted by molar-refractivity contribution is 5.85. The minimum absolute atomic E-state index is 0. The third-order valence-corrected chi connectivity index (χ3v) is 4.39. The Kier molecular flexibility index (Phi) is 6.02. The van der Waals surface area contributed by atoms with E-state index in [1.54, 1.807) is 0 Å². The molecule has 5 nitrogen and oxygen atoms in total. The molecule has 1 fully saturated rings. The molecule has 0 spiro atoms. The van der Waals surface area contributed by atoms with Crippen molar-refractivity contribution in [3.8, 4) is 0 Å². The van der Waals surface area contributed by atoms with Crippen LogP contribution in [0.1, 0.15) is 37.1 Å². The van der Waals surface area contributed by atoms with Crippen LogP contribution >= 0.6 is 12.4 Å². The Bertz CT molecular complexity index is 671. The largest absolute Gasteiger partial charge is 0.441 e. The van der Waals surface area contributed by atoms with Gasteiger partial charge in [0.05, 0.1) is 0 Å². The number of hydrogen-bond donors (Lipinski definition) is 2. The van der Waals surface area contributed by atoms with Gasteiger partial charge in [-0.05, 0) is 37.8 Å². The summed E-state index contributed by atoms with van der Waals surface area (Å²) in [5.74, 6) is 0.849. The van der Waals surface area contributed by atoms with Crippen LogP contribution in [0.2, 0.25) is 0 Å². The van der Waals surface area contributed by atoms with E-state index >= 15 is 0 Å². The predicted octanol–water partition coefficient (Wildman–Crippen LogP) is 2.73. The fourth-order valence-corrected chi connectivity index (χ4v) is 3.14. The molecule has 3 N–H and O–H groups in total. The van der Waals surface area contributed by atoms with Crippen LogP contribution in [-0.4, -0.2) is 23.5 Å². The zero-order valence-electron chi connectivity index (χ0n) is 13.4. The van der Waals surface area contributed by atoms with Gasteiger partial charge in [0.15, 0.2) is 11.5 Å². The van der Waals surface area contributed by atoms with Gasteiger partial charge in [0, 0.05) is 24.9 Å². The van der Waals surface area contributed by atoms with Gasteiger partial charge in [0.25, 0.3) is 0 Å². The number of nitrogens with zero attached hydrogens (tertiary/aromatic N) is 1. The molecule has 0 radical (unpaired) electrons. The number of halogens is 1. The van der Waals surface area contributed by atoms with Crippen molar-refractivity contribution in [3.05, 3.63) is 29.7 Å². The normalized spacial score (nSPS) is 21.0. The van der Waals surface area contributed by atoms with Gasteiger partial charge in [0.2, 0.25) is 5.91 Å². The maximum atomic E-state index is 12.1. The Morgan fingerprint density at radius 1 is 1.43 bits per heavy atom. The fourth-order valence-electron chi connectivity index (χ4n) is 3.14. The van der Waals surface area contributed by atoms with Crippen LogP contribution in [0.3, 0.4) is 0 Å². The van der Waals surface area contributed by atoms with Crippen LogP contribution < -0.4 is 11.1 Å². The van der Waals surface area contributed by atoms with Crippen molar-refractivity contribution in [3.63, 3.8) is 0 Å². The second-order valence-electron chi connectivity index (χ2n) is 6.19. The highest BCUT2D eigenvalue weighted by Crippen LogP contribution is 2.23. The van der Waals surface area contributed by atoms with Gasteiger partial charge in [-0.15, -0.1) is 12.4 Å². The summed E-state index contributed by atoms with van der Waals surface area (Å²) in [4.78, 5) is 16.6. The number of para-hydroxylation sites is 1. The third-order valence-electron chi connectivity index (χ3n) is 4.39. The van der Waals surface area contributed by atoms with Crippen molar-refractivity contribution in [2.45, 2.75) is 45.1 Å². The first-order valence-corrected chi connectivity index (χ1v) is 8.02. The molecule has 0 aliphatic heterocycles. The van der Waals surface area contributed by atoms with Crippen LogP contribution in [0, 0.1) is 12.8 Å². The summed E-state index contributed by atoms with van der Waals surface area (Å²) in [5.41, 5.74) is 8.75. The monoisotopic (exact) mass is 337 g/mol. The molecule has 6 heteroatoms. The summed E-state index contributed by atoms with van der Waals surface area (Å²) in [6.45, 7) is 2.57. The molecule has 1 aromatic heterocycles. The standard InChI is InChI=1S/C17H23N3O2.ClH/c1-11-4-2-7-14-16(11)20-15(22-14)8-9-19-17(21)12-5-3-6-13(18)10-12;/h2,4,7,12-13H,3,5-6,8-10,18H2,1H3,(H,19,21);1H. The second-order valence-corrected chi connectivity index (χ2v) is 6.19. The lowest BCUT2D eigenvalue weighted by Crippen LogP contribution is -2.38. The number of aryl methyl sites for hydroxylation is 1. The third kappa shape index (κ3) is 4.24. The average molecular weight is 338 g/mol. The van der Waals surface area contributed by atoms with Crippen molar-refractivity contribution >= 4 is 29.4 Å². The summed E-state index contributed by atoms with van der Waals surface area (Å²) >= 11 is 0. The van der Waals surface area contributed by atoms with E-state index in [1.165, 1.54) is 0 Å². The highest BCUT2D eigenvalue weighted by Gasteiger charge is 2.24. The number of rotatable bonds is 4. The molecule has 2 atom stereocenters. The number of aromatic nitrogens is 1. The van der Waals surface area contributed by atoms with Crippen LogP contribution in [0.5, 0.6) is 0 Å². The first-order valence-electron chi connectivity index (χ1n) is 8.02. The highest BCUT2D eigenvalue weighted by atomic mass is 35.5. The van der Waals surface area contributed by atoms with E-state index in [2.05, 4.69) is 10.3 Å². The van der Waals surface area contributed by atoms with Gasteiger partial charge in [-0.3, -0.25) is 4.79 Å². The number of carbonyl (C=O) groups excluding carboxylic acids is 1. The molecule has 1 amide bonds. The van der Waals surface area contributed by atoms with Crippen LogP contribution in [0.15, 0.2) is 22.6 Å². The molecule has 1 heterocycles. The van der Waals surface area contributed by atoms with Crippen LogP contribution in [-0.2, 0) is 11.2 Å². The summed E-state index contributed by atoms with van der Waals surface area (Å²) in [5, 5.41) is 2.99. The molecule has 1 aromatic carbocycles. The topological polar surface area (TPSA) is 81.2 Å². The van der Waals surface area contributed by atoms with Gasteiger partial charge < -0.3 is 15.5 Å². The van der Waals surface area contributed by atoms with E-state index in [1.807, 2.05) is 25.1 Å². The molecular formula is C17H24ClN3O2. The van der Waals surface area contributed by atoms with Crippen molar-refractivity contribution < 1.29 is 9.21 Å². The molecule has 3 rings (SSSR count). The molecule has 2 unspecified atom stereocenters. The van der Waals surface area contributed by atoms with Gasteiger partial charge in [-0.1, -0.05) is 18.6 Å². The first kappa shape index (κ1) is 17.8. The van der Waals surface area contributed by atoms with E-state index in [-0.39, 0.29) is 30.3 Å². The Morgan fingerprint density at radius 3 is 3.00 bits per heavy atom. The number of nitrogens with two attached hydrogens (primary N) is 1. The Balaban J connectivity index is 0.00000192. The number of nitrogens with one attached hydrogen (secondary N) is 1. The van der Waals surface area contributed by atoms with E-state index in [0.717, 1.165) is 42.3 Å². The molecule has 1 aliphatic carbocycles. The van der Waals surface area contributed by atoms with Crippen molar-refractivity contribution in [2.75, 3.05) is 6.54 Å². The van der Waals surface area contributed by atoms with Gasteiger partial charge in [-0.25, -0.2) is 4.98 Å². The van der Waals surface area contributed by atoms with Crippen molar-refractivity contribution in [1.82, 2.24) is 10.3 Å². The minimum Gasteiger partial charge on any atom is -0.441 e. The van der Waals surface area contributed by atoms with Crippen molar-refractivity contribution in [2.24, 2.45) is 11.7 Å². The summed E-state index contributed by atoms with van der Waals surface area (Å²) in [6, 6.07) is 6.06. The minimum atomic E-state index is 0. The number of amides is 1. The number of benzene rings is 1. The second kappa shape index (κ2) is 7.79. The van der Waals surface area contributed by atoms with Crippen molar-refractivity contribution in [1.29, 1.82) is 0 Å².